The summed E-state index contributed by atoms with van der Waals surface area (Å²) in [4.78, 5) is 20.1. The Morgan fingerprint density at radius 2 is 1.91 bits per heavy atom. The molecule has 2 fully saturated rings. The Balaban J connectivity index is 1.41. The number of rotatable bonds is 2. The summed E-state index contributed by atoms with van der Waals surface area (Å²) < 4.78 is 1.54. The molecule has 2 aliphatic heterocycles. The van der Waals surface area contributed by atoms with E-state index in [2.05, 4.69) is 17.3 Å². The lowest BCUT2D eigenvalue weighted by atomic mass is 9.98. The zero-order chi connectivity index (χ0) is 15.1. The molecular formula is C17H21N3O2. The van der Waals surface area contributed by atoms with Gasteiger partial charge >= 0.3 is 6.09 Å². The van der Waals surface area contributed by atoms with E-state index in [1.165, 1.54) is 17.6 Å². The van der Waals surface area contributed by atoms with E-state index in [1.807, 2.05) is 30.3 Å². The normalized spacial score (nSPS) is 28.0. The van der Waals surface area contributed by atoms with Crippen LogP contribution < -0.4 is 10.2 Å². The van der Waals surface area contributed by atoms with Gasteiger partial charge < -0.3 is 15.1 Å². The largest absolute Gasteiger partial charge is 0.432 e. The van der Waals surface area contributed by atoms with Crippen molar-refractivity contribution < 1.29 is 9.63 Å². The van der Waals surface area contributed by atoms with Crippen molar-refractivity contribution in [1.82, 2.24) is 14.9 Å². The van der Waals surface area contributed by atoms with Crippen molar-refractivity contribution in [3.8, 4) is 0 Å². The molecule has 0 saturated carbocycles. The first-order chi connectivity index (χ1) is 10.7. The van der Waals surface area contributed by atoms with Gasteiger partial charge in [0.25, 0.3) is 0 Å². The number of aromatic nitrogens is 1. The third-order valence-corrected chi connectivity index (χ3v) is 5.17. The number of hydrogen-bond donors (Lipinski definition) is 1. The second-order valence-electron chi connectivity index (χ2n) is 6.44. The third-order valence-electron chi connectivity index (χ3n) is 5.17. The van der Waals surface area contributed by atoms with Crippen molar-refractivity contribution in [2.45, 2.75) is 43.8 Å². The first-order valence-corrected chi connectivity index (χ1v) is 7.97. The minimum absolute atomic E-state index is 0.225. The summed E-state index contributed by atoms with van der Waals surface area (Å²) >= 11 is 0. The number of piperidine rings is 1. The molecule has 3 heterocycles. The molecule has 2 aromatic rings. The lowest BCUT2D eigenvalue weighted by Gasteiger charge is -2.36. The number of nitrogens with zero attached hydrogens (tertiary/aromatic N) is 2. The highest BCUT2D eigenvalue weighted by atomic mass is 16.7. The number of carbonyl (C=O) groups is 1. The number of para-hydroxylation sites is 1. The fourth-order valence-corrected chi connectivity index (χ4v) is 3.95. The zero-order valence-electron chi connectivity index (χ0n) is 12.7. The first kappa shape index (κ1) is 13.6. The van der Waals surface area contributed by atoms with Gasteiger partial charge in [-0.25, -0.2) is 4.79 Å². The molecule has 1 N–H and O–H groups in total. The van der Waals surface area contributed by atoms with Gasteiger partial charge in [-0.15, -0.1) is 0 Å². The van der Waals surface area contributed by atoms with Gasteiger partial charge in [0.15, 0.2) is 0 Å². The second-order valence-corrected chi connectivity index (χ2v) is 6.44. The maximum absolute atomic E-state index is 12.2. The molecule has 5 heteroatoms. The number of amides is 1. The van der Waals surface area contributed by atoms with Crippen LogP contribution in [0.1, 0.15) is 25.7 Å². The molecule has 4 rings (SSSR count). The number of fused-ring (bicyclic) bond motifs is 3. The van der Waals surface area contributed by atoms with Crippen LogP contribution in [0, 0.1) is 0 Å². The Bertz CT molecular complexity index is 682. The summed E-state index contributed by atoms with van der Waals surface area (Å²) in [6.07, 6.45) is 5.95. The molecule has 1 aromatic carbocycles. The number of carbonyl (C=O) groups excluding carboxylic acids is 1. The van der Waals surface area contributed by atoms with Crippen molar-refractivity contribution in [2.24, 2.45) is 0 Å². The van der Waals surface area contributed by atoms with Gasteiger partial charge in [0.1, 0.15) is 0 Å². The molecule has 2 unspecified atom stereocenters. The van der Waals surface area contributed by atoms with E-state index in [1.54, 1.807) is 6.20 Å². The quantitative estimate of drug-likeness (QED) is 0.926. The fourth-order valence-electron chi connectivity index (χ4n) is 3.95. The van der Waals surface area contributed by atoms with Crippen LogP contribution in [0.5, 0.6) is 0 Å². The van der Waals surface area contributed by atoms with Crippen molar-refractivity contribution in [3.05, 3.63) is 36.5 Å². The van der Waals surface area contributed by atoms with Crippen LogP contribution in [-0.4, -0.2) is 40.9 Å². The molecule has 5 nitrogen and oxygen atoms in total. The summed E-state index contributed by atoms with van der Waals surface area (Å²) in [6.45, 7) is 0. The van der Waals surface area contributed by atoms with Crippen molar-refractivity contribution in [2.75, 3.05) is 7.05 Å². The van der Waals surface area contributed by atoms with Crippen molar-refractivity contribution in [1.29, 1.82) is 0 Å². The van der Waals surface area contributed by atoms with Gasteiger partial charge in [-0.2, -0.15) is 4.73 Å². The predicted octanol–water partition coefficient (Wildman–Crippen LogP) is 2.40. The maximum atomic E-state index is 12.2. The Morgan fingerprint density at radius 3 is 2.68 bits per heavy atom. The lowest BCUT2D eigenvalue weighted by Crippen LogP contribution is -2.50. The van der Waals surface area contributed by atoms with E-state index in [0.717, 1.165) is 23.7 Å². The second kappa shape index (κ2) is 5.32. The van der Waals surface area contributed by atoms with Gasteiger partial charge in [-0.3, -0.25) is 0 Å². The van der Waals surface area contributed by atoms with Gasteiger partial charge in [0.2, 0.25) is 0 Å². The Hall–Kier alpha value is -2.01. The van der Waals surface area contributed by atoms with Gasteiger partial charge in [0.05, 0.1) is 5.52 Å². The molecule has 116 valence electrons. The topological polar surface area (TPSA) is 46.5 Å². The minimum Gasteiger partial charge on any atom is -0.317 e. The molecule has 1 aromatic heterocycles. The van der Waals surface area contributed by atoms with Crippen LogP contribution in [0.3, 0.4) is 0 Å². The minimum atomic E-state index is -0.365. The molecule has 2 bridgehead atoms. The number of hydrogen-bond acceptors (Lipinski definition) is 3. The molecular weight excluding hydrogens is 278 g/mol. The SMILES string of the molecule is CN1C2CCC1CC(NC(=O)On1ccc3ccccc31)C2. The Morgan fingerprint density at radius 1 is 1.18 bits per heavy atom. The van der Waals surface area contributed by atoms with Crippen molar-refractivity contribution >= 4 is 17.0 Å². The smallest absolute Gasteiger partial charge is 0.317 e. The molecule has 1 amide bonds. The first-order valence-electron chi connectivity index (χ1n) is 7.97. The number of benzene rings is 1. The summed E-state index contributed by atoms with van der Waals surface area (Å²) in [5, 5.41) is 4.10. The van der Waals surface area contributed by atoms with E-state index in [0.29, 0.717) is 12.1 Å². The molecule has 2 saturated heterocycles. The monoisotopic (exact) mass is 299 g/mol. The standard InChI is InChI=1S/C17H21N3O2/c1-19-14-6-7-15(19)11-13(10-14)18-17(21)22-20-9-8-12-4-2-3-5-16(12)20/h2-5,8-9,13-15H,6-7,10-11H2,1H3,(H,18,21). The lowest BCUT2D eigenvalue weighted by molar-refractivity contribution is 0.115. The summed E-state index contributed by atoms with van der Waals surface area (Å²) in [5.74, 6) is 0. The van der Waals surface area contributed by atoms with Crippen LogP contribution in [0.25, 0.3) is 10.9 Å². The average molecular weight is 299 g/mol. The molecule has 22 heavy (non-hydrogen) atoms. The van der Waals surface area contributed by atoms with Crippen LogP contribution >= 0.6 is 0 Å². The Kier molecular flexibility index (Phi) is 3.30. The van der Waals surface area contributed by atoms with E-state index in [4.69, 9.17) is 4.84 Å². The molecule has 0 aliphatic carbocycles. The van der Waals surface area contributed by atoms with Crippen LogP contribution in [0.2, 0.25) is 0 Å². The average Bonchev–Trinajstić information content (AvgIpc) is 2.98. The van der Waals surface area contributed by atoms with E-state index in [-0.39, 0.29) is 12.1 Å². The molecule has 2 aliphatic rings. The highest BCUT2D eigenvalue weighted by Crippen LogP contribution is 2.34. The highest BCUT2D eigenvalue weighted by molar-refractivity contribution is 5.80. The van der Waals surface area contributed by atoms with E-state index in [9.17, 15) is 4.79 Å². The van der Waals surface area contributed by atoms with Gasteiger partial charge in [-0.1, -0.05) is 18.2 Å². The van der Waals surface area contributed by atoms with Gasteiger partial charge in [0, 0.05) is 29.7 Å². The molecule has 0 spiro atoms. The summed E-state index contributed by atoms with van der Waals surface area (Å²) in [5.41, 5.74) is 0.904. The Labute approximate surface area is 129 Å². The van der Waals surface area contributed by atoms with Gasteiger partial charge in [-0.05, 0) is 44.9 Å². The fraction of sp³-hybridized carbons (Fsp3) is 0.471. The maximum Gasteiger partial charge on any atom is 0.432 e. The summed E-state index contributed by atoms with van der Waals surface area (Å²) in [7, 11) is 2.20. The predicted molar refractivity (Wildman–Crippen MR) is 84.6 cm³/mol. The molecule has 2 atom stereocenters. The highest BCUT2D eigenvalue weighted by Gasteiger charge is 2.39. The zero-order valence-corrected chi connectivity index (χ0v) is 12.7. The van der Waals surface area contributed by atoms with E-state index < -0.39 is 0 Å². The van der Waals surface area contributed by atoms with Crippen LogP contribution in [0.15, 0.2) is 36.5 Å². The third kappa shape index (κ3) is 2.35. The van der Waals surface area contributed by atoms with Crippen molar-refractivity contribution in [3.63, 3.8) is 0 Å². The van der Waals surface area contributed by atoms with Crippen LogP contribution in [-0.2, 0) is 0 Å². The van der Waals surface area contributed by atoms with Crippen LogP contribution in [0.4, 0.5) is 4.79 Å². The molecule has 0 radical (unpaired) electrons. The summed E-state index contributed by atoms with van der Waals surface area (Å²) in [6, 6.07) is 11.2. The van der Waals surface area contributed by atoms with E-state index >= 15 is 0 Å². The number of nitrogens with one attached hydrogen (secondary N) is 1.